The van der Waals surface area contributed by atoms with Crippen molar-refractivity contribution in [1.29, 1.82) is 0 Å². The molecule has 3 unspecified atom stereocenters. The van der Waals surface area contributed by atoms with Crippen LogP contribution in [0.2, 0.25) is 0 Å². The van der Waals surface area contributed by atoms with E-state index in [1.165, 1.54) is 5.75 Å². The molecule has 2 fully saturated rings. The van der Waals surface area contributed by atoms with E-state index in [9.17, 15) is 5.11 Å². The third-order valence-electron chi connectivity index (χ3n) is 3.80. The minimum Gasteiger partial charge on any atom is -0.396 e. The number of hydrogen-bond donors (Lipinski definition) is 2. The predicted octanol–water partition coefficient (Wildman–Crippen LogP) is 1.42. The van der Waals surface area contributed by atoms with Crippen LogP contribution in [-0.2, 0) is 4.74 Å². The molecule has 2 N–H and O–H groups in total. The highest BCUT2D eigenvalue weighted by Gasteiger charge is 2.41. The molecular weight excluding hydrogens is 224 g/mol. The molecule has 2 heterocycles. The highest BCUT2D eigenvalue weighted by molar-refractivity contribution is 7.99. The molecule has 0 radical (unpaired) electrons. The van der Waals surface area contributed by atoms with Gasteiger partial charge in [0.2, 0.25) is 0 Å². The summed E-state index contributed by atoms with van der Waals surface area (Å²) in [5, 5.41) is 18.9. The minimum absolute atomic E-state index is 0.0633. The fourth-order valence-corrected chi connectivity index (χ4v) is 4.17. The quantitative estimate of drug-likeness (QED) is 0.788. The average molecular weight is 246 g/mol. The van der Waals surface area contributed by atoms with Gasteiger partial charge in [0.15, 0.2) is 0 Å². The van der Waals surface area contributed by atoms with Gasteiger partial charge in [-0.2, -0.15) is 11.8 Å². The summed E-state index contributed by atoms with van der Waals surface area (Å²) >= 11 is 1.96. The summed E-state index contributed by atoms with van der Waals surface area (Å²) in [6.07, 6.45) is 4.30. The van der Waals surface area contributed by atoms with Crippen molar-refractivity contribution in [2.24, 2.45) is 5.92 Å². The Kier molecular flexibility index (Phi) is 4.53. The second kappa shape index (κ2) is 5.71. The van der Waals surface area contributed by atoms with E-state index in [-0.39, 0.29) is 18.3 Å². The molecule has 2 saturated heterocycles. The van der Waals surface area contributed by atoms with E-state index in [0.29, 0.717) is 12.3 Å². The van der Waals surface area contributed by atoms with Gasteiger partial charge in [0.05, 0.1) is 11.7 Å². The summed E-state index contributed by atoms with van der Waals surface area (Å²) in [6, 6.07) is 0. The van der Waals surface area contributed by atoms with Crippen molar-refractivity contribution in [3.63, 3.8) is 0 Å². The molecule has 0 aromatic carbocycles. The second-order valence-corrected chi connectivity index (χ2v) is 6.13. The maximum absolute atomic E-state index is 10.1. The van der Waals surface area contributed by atoms with E-state index < -0.39 is 0 Å². The molecule has 16 heavy (non-hydrogen) atoms. The van der Waals surface area contributed by atoms with Crippen molar-refractivity contribution >= 4 is 11.8 Å². The lowest BCUT2D eigenvalue weighted by Gasteiger charge is -2.39. The molecule has 0 aliphatic carbocycles. The van der Waals surface area contributed by atoms with Gasteiger partial charge in [-0.15, -0.1) is 0 Å². The van der Waals surface area contributed by atoms with E-state index in [1.54, 1.807) is 0 Å². The van der Waals surface area contributed by atoms with Crippen molar-refractivity contribution in [3.8, 4) is 0 Å². The van der Waals surface area contributed by atoms with Gasteiger partial charge in [-0.05, 0) is 43.8 Å². The summed E-state index contributed by atoms with van der Waals surface area (Å²) in [4.78, 5) is 0. The lowest BCUT2D eigenvalue weighted by atomic mass is 9.81. The Labute approximate surface area is 102 Å². The first-order chi connectivity index (χ1) is 7.76. The van der Waals surface area contributed by atoms with Gasteiger partial charge < -0.3 is 14.9 Å². The predicted molar refractivity (Wildman–Crippen MR) is 65.7 cm³/mol. The largest absolute Gasteiger partial charge is 0.396 e. The van der Waals surface area contributed by atoms with Crippen LogP contribution in [-0.4, -0.2) is 46.6 Å². The van der Waals surface area contributed by atoms with Gasteiger partial charge in [-0.3, -0.25) is 0 Å². The maximum atomic E-state index is 10.1. The average Bonchev–Trinajstić information content (AvgIpc) is 2.74. The lowest BCUT2D eigenvalue weighted by Crippen LogP contribution is -2.43. The van der Waals surface area contributed by atoms with Crippen LogP contribution in [0.15, 0.2) is 0 Å². The Bertz CT molecular complexity index is 216. The number of hydrogen-bond acceptors (Lipinski definition) is 4. The molecule has 1 spiro atoms. The molecular formula is C12H22O3S. The number of ether oxygens (including phenoxy) is 1. The third-order valence-corrected chi connectivity index (χ3v) is 5.02. The zero-order valence-electron chi connectivity index (χ0n) is 9.73. The fraction of sp³-hybridized carbons (Fsp3) is 1.00. The zero-order chi connectivity index (χ0) is 11.4. The molecule has 94 valence electrons. The molecule has 3 nitrogen and oxygen atoms in total. The fourth-order valence-electron chi connectivity index (χ4n) is 2.79. The van der Waals surface area contributed by atoms with E-state index >= 15 is 0 Å². The Morgan fingerprint density at radius 2 is 2.38 bits per heavy atom. The van der Waals surface area contributed by atoms with Crippen LogP contribution in [0.25, 0.3) is 0 Å². The Morgan fingerprint density at radius 1 is 1.50 bits per heavy atom. The van der Waals surface area contributed by atoms with Crippen molar-refractivity contribution in [2.45, 2.75) is 43.8 Å². The van der Waals surface area contributed by atoms with E-state index in [2.05, 4.69) is 0 Å². The maximum Gasteiger partial charge on any atom is 0.0783 e. The molecule has 0 aromatic heterocycles. The first-order valence-corrected chi connectivity index (χ1v) is 7.42. The van der Waals surface area contributed by atoms with Crippen LogP contribution in [0.1, 0.15) is 32.1 Å². The Balaban J connectivity index is 1.85. The third kappa shape index (κ3) is 2.92. The van der Waals surface area contributed by atoms with Gasteiger partial charge in [-0.1, -0.05) is 0 Å². The topological polar surface area (TPSA) is 49.7 Å². The van der Waals surface area contributed by atoms with Crippen LogP contribution in [0, 0.1) is 5.92 Å². The first-order valence-electron chi connectivity index (χ1n) is 6.26. The normalized spacial score (nSPS) is 36.8. The lowest BCUT2D eigenvalue weighted by molar-refractivity contribution is -0.102. The van der Waals surface area contributed by atoms with Crippen molar-refractivity contribution in [1.82, 2.24) is 0 Å². The SMILES string of the molecule is OCCCC(O)C1CCOC2(CCSC2)C1. The molecule has 2 aliphatic rings. The number of thioether (sulfide) groups is 1. The molecule has 3 atom stereocenters. The van der Waals surface area contributed by atoms with Crippen LogP contribution < -0.4 is 0 Å². The van der Waals surface area contributed by atoms with E-state index in [0.717, 1.165) is 38.0 Å². The van der Waals surface area contributed by atoms with Gasteiger partial charge >= 0.3 is 0 Å². The van der Waals surface area contributed by atoms with Gasteiger partial charge in [-0.25, -0.2) is 0 Å². The molecule has 2 aliphatic heterocycles. The molecule has 4 heteroatoms. The smallest absolute Gasteiger partial charge is 0.0783 e. The monoisotopic (exact) mass is 246 g/mol. The molecule has 0 amide bonds. The highest BCUT2D eigenvalue weighted by atomic mass is 32.2. The number of aliphatic hydroxyl groups is 2. The summed E-state index contributed by atoms with van der Waals surface area (Å²) < 4.78 is 5.93. The van der Waals surface area contributed by atoms with Crippen LogP contribution in [0.3, 0.4) is 0 Å². The summed E-state index contributed by atoms with van der Waals surface area (Å²) in [7, 11) is 0. The Hall–Kier alpha value is 0.230. The van der Waals surface area contributed by atoms with Crippen LogP contribution in [0.5, 0.6) is 0 Å². The summed E-state index contributed by atoms with van der Waals surface area (Å²) in [6.45, 7) is 0.975. The van der Waals surface area contributed by atoms with Crippen LogP contribution >= 0.6 is 11.8 Å². The second-order valence-electron chi connectivity index (χ2n) is 5.02. The number of rotatable bonds is 4. The number of aliphatic hydroxyl groups excluding tert-OH is 2. The van der Waals surface area contributed by atoms with Crippen molar-refractivity contribution in [2.75, 3.05) is 24.7 Å². The summed E-state index contributed by atoms with van der Waals surface area (Å²) in [5.41, 5.74) is 0.0633. The van der Waals surface area contributed by atoms with E-state index in [1.807, 2.05) is 11.8 Å². The van der Waals surface area contributed by atoms with Crippen LogP contribution in [0.4, 0.5) is 0 Å². The first kappa shape index (κ1) is 12.7. The minimum atomic E-state index is -0.251. The molecule has 0 saturated carbocycles. The zero-order valence-corrected chi connectivity index (χ0v) is 10.5. The van der Waals surface area contributed by atoms with Crippen molar-refractivity contribution in [3.05, 3.63) is 0 Å². The van der Waals surface area contributed by atoms with Gasteiger partial charge in [0, 0.05) is 19.0 Å². The Morgan fingerprint density at radius 3 is 3.06 bits per heavy atom. The standard InChI is InChI=1S/C12H22O3S/c13-5-1-2-11(14)10-3-6-15-12(8-10)4-7-16-9-12/h10-11,13-14H,1-9H2. The summed E-state index contributed by atoms with van der Waals surface area (Å²) in [5.74, 6) is 2.66. The molecule has 0 bridgehead atoms. The van der Waals surface area contributed by atoms with Gasteiger partial charge in [0.25, 0.3) is 0 Å². The highest BCUT2D eigenvalue weighted by Crippen LogP contribution is 2.41. The van der Waals surface area contributed by atoms with Crippen molar-refractivity contribution < 1.29 is 14.9 Å². The molecule has 2 rings (SSSR count). The molecule has 0 aromatic rings. The van der Waals surface area contributed by atoms with E-state index in [4.69, 9.17) is 9.84 Å². The van der Waals surface area contributed by atoms with Gasteiger partial charge in [0.1, 0.15) is 0 Å².